The van der Waals surface area contributed by atoms with E-state index in [-0.39, 0.29) is 34.1 Å². The molecule has 2 rings (SSSR count). The van der Waals surface area contributed by atoms with Crippen LogP contribution in [-0.4, -0.2) is 41.0 Å². The minimum Gasteiger partial charge on any atom is -0.304 e. The molecule has 25 heavy (non-hydrogen) atoms. The predicted molar refractivity (Wildman–Crippen MR) is 97.6 cm³/mol. The third-order valence-electron chi connectivity index (χ3n) is 3.75. The Morgan fingerprint density at radius 1 is 1.24 bits per heavy atom. The molecule has 9 heteroatoms. The molecule has 1 N–H and O–H groups in total. The number of nitrogens with zero attached hydrogens (tertiary/aromatic N) is 2. The number of carbonyl (C=O) groups excluding carboxylic acids is 2. The first-order valence-corrected chi connectivity index (χ1v) is 10.2. The molecule has 1 heterocycles. The molecule has 0 aliphatic carbocycles. The lowest BCUT2D eigenvalue weighted by atomic mass is 10.2. The Morgan fingerprint density at radius 3 is 2.36 bits per heavy atom. The molecule has 1 aliphatic heterocycles. The van der Waals surface area contributed by atoms with Crippen molar-refractivity contribution >= 4 is 38.6 Å². The molecule has 2 amide bonds. The largest absolute Gasteiger partial charge is 0.304 e. The number of hydrazone groups is 1. The van der Waals surface area contributed by atoms with Crippen LogP contribution in [0.5, 0.6) is 0 Å². The van der Waals surface area contributed by atoms with Crippen LogP contribution in [0.1, 0.15) is 32.8 Å². The summed E-state index contributed by atoms with van der Waals surface area (Å²) in [4.78, 5) is 22.5. The molecule has 0 saturated heterocycles. The van der Waals surface area contributed by atoms with Crippen molar-refractivity contribution in [2.24, 2.45) is 5.10 Å². The number of benzene rings is 1. The van der Waals surface area contributed by atoms with Crippen LogP contribution < -0.4 is 5.32 Å². The fraction of sp³-hybridized carbons (Fsp3) is 0.438. The van der Waals surface area contributed by atoms with Crippen LogP contribution in [0.25, 0.3) is 0 Å². The second-order valence-corrected chi connectivity index (χ2v) is 9.66. The molecular weight excluding hydrogens is 362 g/mol. The molecule has 0 bridgehead atoms. The average Bonchev–Trinajstić information content (AvgIpc) is 2.82. The zero-order valence-electron chi connectivity index (χ0n) is 14.6. The van der Waals surface area contributed by atoms with E-state index in [1.807, 2.05) is 6.92 Å². The summed E-state index contributed by atoms with van der Waals surface area (Å²) in [6.45, 7) is 6.33. The summed E-state index contributed by atoms with van der Waals surface area (Å²) in [5.41, 5.74) is 0.980. The maximum absolute atomic E-state index is 12.6. The Morgan fingerprint density at radius 2 is 1.84 bits per heavy atom. The summed E-state index contributed by atoms with van der Waals surface area (Å²) < 4.78 is 25.1. The fourth-order valence-electron chi connectivity index (χ4n) is 2.42. The maximum atomic E-state index is 12.6. The van der Waals surface area contributed by atoms with Crippen LogP contribution in [0.4, 0.5) is 0 Å². The normalized spacial score (nSPS) is 20.3. The summed E-state index contributed by atoms with van der Waals surface area (Å²) in [6, 6.07) is 6.66. The fourth-order valence-corrected chi connectivity index (χ4v) is 5.19. The molecule has 0 aromatic heterocycles. The Bertz CT molecular complexity index is 818. The molecule has 0 radical (unpaired) electrons. The van der Waals surface area contributed by atoms with Crippen LogP contribution in [0.2, 0.25) is 0 Å². The van der Waals surface area contributed by atoms with Crippen molar-refractivity contribution in [1.82, 2.24) is 10.3 Å². The molecule has 1 unspecified atom stereocenters. The molecule has 0 spiro atoms. The van der Waals surface area contributed by atoms with E-state index >= 15 is 0 Å². The van der Waals surface area contributed by atoms with Gasteiger partial charge in [-0.15, -0.1) is 5.10 Å². The minimum atomic E-state index is -3.48. The summed E-state index contributed by atoms with van der Waals surface area (Å²) in [6.07, 6.45) is 0.181. The van der Waals surface area contributed by atoms with E-state index in [0.717, 1.165) is 5.56 Å². The number of amidine groups is 1. The van der Waals surface area contributed by atoms with Crippen LogP contribution in [-0.2, 0) is 19.4 Å². The third kappa shape index (κ3) is 4.60. The van der Waals surface area contributed by atoms with E-state index in [9.17, 15) is 18.0 Å². The number of carbonyl (C=O) groups is 2. The van der Waals surface area contributed by atoms with Gasteiger partial charge in [-0.25, -0.2) is 13.4 Å². The highest BCUT2D eigenvalue weighted by Crippen LogP contribution is 2.39. The minimum absolute atomic E-state index is 0.133. The Labute approximate surface area is 151 Å². The average molecular weight is 383 g/mol. The van der Waals surface area contributed by atoms with Gasteiger partial charge in [-0.3, -0.25) is 9.59 Å². The lowest BCUT2D eigenvalue weighted by molar-refractivity contribution is -0.131. The third-order valence-corrected chi connectivity index (χ3v) is 6.68. The first-order valence-electron chi connectivity index (χ1n) is 7.69. The van der Waals surface area contributed by atoms with Gasteiger partial charge in [-0.2, -0.15) is 0 Å². The Balaban J connectivity index is 2.16. The van der Waals surface area contributed by atoms with Crippen LogP contribution in [0, 0.1) is 6.92 Å². The highest BCUT2D eigenvalue weighted by molar-refractivity contribution is 8.15. The molecular formula is C16H21N3O4S2. The number of thioether (sulfide) groups is 1. The lowest BCUT2D eigenvalue weighted by Crippen LogP contribution is -2.41. The van der Waals surface area contributed by atoms with Crippen molar-refractivity contribution in [2.45, 2.75) is 43.9 Å². The zero-order valence-corrected chi connectivity index (χ0v) is 16.2. The van der Waals surface area contributed by atoms with Gasteiger partial charge >= 0.3 is 0 Å². The number of hydrogen-bond donors (Lipinski definition) is 1. The summed E-state index contributed by atoms with van der Waals surface area (Å²) in [7, 11) is -3.48. The number of rotatable bonds is 4. The number of hydrogen-bond acceptors (Lipinski definition) is 6. The molecule has 1 atom stereocenters. The van der Waals surface area contributed by atoms with E-state index in [1.54, 1.807) is 31.2 Å². The highest BCUT2D eigenvalue weighted by atomic mass is 32.2. The van der Waals surface area contributed by atoms with Gasteiger partial charge in [0.1, 0.15) is 4.87 Å². The van der Waals surface area contributed by atoms with E-state index < -0.39 is 14.7 Å². The van der Waals surface area contributed by atoms with Crippen molar-refractivity contribution < 1.29 is 18.0 Å². The standard InChI is InChI=1S/C16H21N3O4S2/c1-11-5-7-14(8-6-11)25(22,23)10-9-16(4)19(13(3)21)18-15(24-16)17-12(2)20/h5-8H,9-10H2,1-4H3,(H,17,18,20). The molecule has 7 nitrogen and oxygen atoms in total. The van der Waals surface area contributed by atoms with Crippen molar-refractivity contribution in [1.29, 1.82) is 0 Å². The second kappa shape index (κ2) is 7.17. The van der Waals surface area contributed by atoms with Crippen LogP contribution in [0.15, 0.2) is 34.3 Å². The van der Waals surface area contributed by atoms with Crippen molar-refractivity contribution in [3.05, 3.63) is 29.8 Å². The van der Waals surface area contributed by atoms with Crippen LogP contribution >= 0.6 is 11.8 Å². The van der Waals surface area contributed by atoms with Gasteiger partial charge < -0.3 is 5.32 Å². The molecule has 0 fully saturated rings. The van der Waals surface area contributed by atoms with Gasteiger partial charge in [0.25, 0.3) is 0 Å². The Kier molecular flexibility index (Phi) is 5.58. The van der Waals surface area contributed by atoms with Crippen LogP contribution in [0.3, 0.4) is 0 Å². The van der Waals surface area contributed by atoms with Gasteiger partial charge in [-0.1, -0.05) is 29.5 Å². The Hall–Kier alpha value is -1.87. The topological polar surface area (TPSA) is 95.9 Å². The maximum Gasteiger partial charge on any atom is 0.240 e. The van der Waals surface area contributed by atoms with E-state index in [1.165, 1.54) is 30.6 Å². The zero-order chi connectivity index (χ0) is 18.8. The van der Waals surface area contributed by atoms with E-state index in [0.29, 0.717) is 0 Å². The molecule has 1 aromatic carbocycles. The smallest absolute Gasteiger partial charge is 0.240 e. The van der Waals surface area contributed by atoms with E-state index in [2.05, 4.69) is 10.4 Å². The van der Waals surface area contributed by atoms with Gasteiger partial charge in [0.2, 0.25) is 11.8 Å². The monoisotopic (exact) mass is 383 g/mol. The van der Waals surface area contributed by atoms with Crippen molar-refractivity contribution in [3.63, 3.8) is 0 Å². The first-order chi connectivity index (χ1) is 11.5. The summed E-state index contributed by atoms with van der Waals surface area (Å²) in [5.74, 6) is -0.749. The summed E-state index contributed by atoms with van der Waals surface area (Å²) in [5, 5.41) is 8.17. The van der Waals surface area contributed by atoms with Gasteiger partial charge in [0.15, 0.2) is 15.0 Å². The molecule has 136 valence electrons. The quantitative estimate of drug-likeness (QED) is 0.856. The van der Waals surface area contributed by atoms with Gasteiger partial charge in [0, 0.05) is 13.8 Å². The van der Waals surface area contributed by atoms with Gasteiger partial charge in [-0.05, 0) is 32.4 Å². The highest BCUT2D eigenvalue weighted by Gasteiger charge is 2.43. The number of sulfone groups is 1. The predicted octanol–water partition coefficient (Wildman–Crippen LogP) is 1.88. The van der Waals surface area contributed by atoms with E-state index in [4.69, 9.17) is 0 Å². The number of aryl methyl sites for hydroxylation is 1. The molecule has 1 aliphatic rings. The van der Waals surface area contributed by atoms with Gasteiger partial charge in [0.05, 0.1) is 10.6 Å². The van der Waals surface area contributed by atoms with Crippen molar-refractivity contribution in [3.8, 4) is 0 Å². The van der Waals surface area contributed by atoms with Crippen molar-refractivity contribution in [2.75, 3.05) is 5.75 Å². The molecule has 0 saturated carbocycles. The number of nitrogens with one attached hydrogen (secondary N) is 1. The first kappa shape index (κ1) is 19.5. The lowest BCUT2D eigenvalue weighted by Gasteiger charge is -2.30. The SMILES string of the molecule is CC(=O)NC1=NN(C(C)=O)C(C)(CCS(=O)(=O)c2ccc(C)cc2)S1. The summed E-state index contributed by atoms with van der Waals surface area (Å²) >= 11 is 1.17. The second-order valence-electron chi connectivity index (χ2n) is 6.08. The molecule has 1 aromatic rings. The number of amides is 2.